The molecule has 2 aliphatic rings. The second kappa shape index (κ2) is 4.47. The standard InChI is InChI=1S/C13H19NOS/c14-11-6-15-7-12-13(11)10(8-16-12)9-4-2-1-3-5-9/h8-9,11H,1-7,14H2. The summed E-state index contributed by atoms with van der Waals surface area (Å²) in [5, 5.41) is 2.34. The largest absolute Gasteiger partial charge is 0.374 e. The van der Waals surface area contributed by atoms with Crippen LogP contribution in [0.1, 0.15) is 60.1 Å². The molecular weight excluding hydrogens is 218 g/mol. The predicted octanol–water partition coefficient (Wildman–Crippen LogP) is 3.33. The molecule has 2 N–H and O–H groups in total. The van der Waals surface area contributed by atoms with Gasteiger partial charge >= 0.3 is 0 Å². The molecular formula is C13H19NOS. The first-order valence-corrected chi connectivity index (χ1v) is 7.17. The lowest BCUT2D eigenvalue weighted by atomic mass is 9.82. The number of hydrogen-bond donors (Lipinski definition) is 1. The first-order chi connectivity index (χ1) is 7.86. The smallest absolute Gasteiger partial charge is 0.0813 e. The molecule has 0 aromatic carbocycles. The molecule has 0 bridgehead atoms. The van der Waals surface area contributed by atoms with Gasteiger partial charge in [0.2, 0.25) is 0 Å². The lowest BCUT2D eigenvalue weighted by molar-refractivity contribution is 0.0946. The fourth-order valence-electron chi connectivity index (χ4n) is 3.05. The number of fused-ring (bicyclic) bond motifs is 1. The van der Waals surface area contributed by atoms with E-state index < -0.39 is 0 Å². The Morgan fingerprint density at radius 3 is 2.88 bits per heavy atom. The van der Waals surface area contributed by atoms with Crippen molar-refractivity contribution in [2.75, 3.05) is 6.61 Å². The second-order valence-corrected chi connectivity index (χ2v) is 5.95. The van der Waals surface area contributed by atoms with Crippen LogP contribution >= 0.6 is 11.3 Å². The van der Waals surface area contributed by atoms with E-state index in [1.54, 1.807) is 5.56 Å². The van der Waals surface area contributed by atoms with Crippen molar-refractivity contribution in [3.8, 4) is 0 Å². The van der Waals surface area contributed by atoms with E-state index >= 15 is 0 Å². The molecule has 2 nitrogen and oxygen atoms in total. The predicted molar refractivity (Wildman–Crippen MR) is 66.7 cm³/mol. The van der Waals surface area contributed by atoms with Crippen LogP contribution in [0.4, 0.5) is 0 Å². The Kier molecular flexibility index (Phi) is 3.01. The SMILES string of the molecule is NC1COCc2scc(C3CCCCC3)c21. The van der Waals surface area contributed by atoms with Gasteiger partial charge in [-0.25, -0.2) is 0 Å². The van der Waals surface area contributed by atoms with Gasteiger partial charge in [-0.05, 0) is 35.3 Å². The highest BCUT2D eigenvalue weighted by atomic mass is 32.1. The summed E-state index contributed by atoms with van der Waals surface area (Å²) in [5.41, 5.74) is 9.16. The summed E-state index contributed by atoms with van der Waals surface area (Å²) < 4.78 is 5.49. The van der Waals surface area contributed by atoms with Crippen LogP contribution in [0.25, 0.3) is 0 Å². The Morgan fingerprint density at radius 2 is 2.06 bits per heavy atom. The van der Waals surface area contributed by atoms with Gasteiger partial charge in [-0.3, -0.25) is 0 Å². The van der Waals surface area contributed by atoms with Crippen molar-refractivity contribution in [3.05, 3.63) is 21.4 Å². The molecule has 1 aliphatic carbocycles. The summed E-state index contributed by atoms with van der Waals surface area (Å²) >= 11 is 1.84. The van der Waals surface area contributed by atoms with Crippen LogP contribution in [0.2, 0.25) is 0 Å². The first-order valence-electron chi connectivity index (χ1n) is 6.29. The second-order valence-electron chi connectivity index (χ2n) is 4.98. The summed E-state index contributed by atoms with van der Waals surface area (Å²) in [6.45, 7) is 1.48. The zero-order chi connectivity index (χ0) is 11.0. The Morgan fingerprint density at radius 1 is 1.25 bits per heavy atom. The Bertz CT molecular complexity index is 368. The fourth-order valence-corrected chi connectivity index (χ4v) is 4.18. The highest BCUT2D eigenvalue weighted by molar-refractivity contribution is 7.10. The van der Waals surface area contributed by atoms with E-state index in [1.165, 1.54) is 42.5 Å². The number of ether oxygens (including phenoxy) is 1. The van der Waals surface area contributed by atoms with Gasteiger partial charge in [-0.2, -0.15) is 0 Å². The van der Waals surface area contributed by atoms with E-state index in [0.29, 0.717) is 6.61 Å². The summed E-state index contributed by atoms with van der Waals surface area (Å²) in [7, 11) is 0. The van der Waals surface area contributed by atoms with Crippen LogP contribution in [0.5, 0.6) is 0 Å². The molecule has 1 unspecified atom stereocenters. The van der Waals surface area contributed by atoms with Crippen LogP contribution in [0.15, 0.2) is 5.38 Å². The van der Waals surface area contributed by atoms with Crippen LogP contribution in [0, 0.1) is 0 Å². The maximum absolute atomic E-state index is 6.18. The molecule has 0 amide bonds. The van der Waals surface area contributed by atoms with Gasteiger partial charge in [0.05, 0.1) is 19.3 Å². The third-order valence-electron chi connectivity index (χ3n) is 3.89. The fraction of sp³-hybridized carbons (Fsp3) is 0.692. The molecule has 3 rings (SSSR count). The molecule has 0 saturated heterocycles. The number of thiophene rings is 1. The number of rotatable bonds is 1. The topological polar surface area (TPSA) is 35.2 Å². The van der Waals surface area contributed by atoms with Crippen LogP contribution in [-0.4, -0.2) is 6.61 Å². The molecule has 1 aromatic heterocycles. The summed E-state index contributed by atoms with van der Waals surface area (Å²) in [6.07, 6.45) is 6.91. The van der Waals surface area contributed by atoms with E-state index in [0.717, 1.165) is 12.5 Å². The lowest BCUT2D eigenvalue weighted by Gasteiger charge is -2.26. The maximum atomic E-state index is 6.18. The molecule has 1 fully saturated rings. The average molecular weight is 237 g/mol. The van der Waals surface area contributed by atoms with Gasteiger partial charge < -0.3 is 10.5 Å². The molecule has 88 valence electrons. The zero-order valence-corrected chi connectivity index (χ0v) is 10.4. The molecule has 3 heteroatoms. The van der Waals surface area contributed by atoms with Gasteiger partial charge in [-0.15, -0.1) is 11.3 Å². The Labute approximate surface area is 101 Å². The van der Waals surface area contributed by atoms with Crippen LogP contribution in [0.3, 0.4) is 0 Å². The van der Waals surface area contributed by atoms with Crippen molar-refractivity contribution in [2.45, 2.75) is 50.7 Å². The maximum Gasteiger partial charge on any atom is 0.0813 e. The van der Waals surface area contributed by atoms with Crippen molar-refractivity contribution in [3.63, 3.8) is 0 Å². The van der Waals surface area contributed by atoms with Crippen molar-refractivity contribution in [1.82, 2.24) is 0 Å². The van der Waals surface area contributed by atoms with Gasteiger partial charge in [0.1, 0.15) is 0 Å². The summed E-state index contributed by atoms with van der Waals surface area (Å²) in [6, 6.07) is 0.118. The highest BCUT2D eigenvalue weighted by Crippen LogP contribution is 2.41. The normalized spacial score (nSPS) is 26.7. The van der Waals surface area contributed by atoms with Gasteiger partial charge in [0.15, 0.2) is 0 Å². The van der Waals surface area contributed by atoms with Gasteiger partial charge in [-0.1, -0.05) is 19.3 Å². The lowest BCUT2D eigenvalue weighted by Crippen LogP contribution is -2.24. The minimum absolute atomic E-state index is 0.118. The summed E-state index contributed by atoms with van der Waals surface area (Å²) in [4.78, 5) is 1.37. The minimum atomic E-state index is 0.118. The van der Waals surface area contributed by atoms with Gasteiger partial charge in [0.25, 0.3) is 0 Å². The molecule has 1 aliphatic heterocycles. The zero-order valence-electron chi connectivity index (χ0n) is 9.58. The molecule has 1 aromatic rings. The quantitative estimate of drug-likeness (QED) is 0.813. The van der Waals surface area contributed by atoms with Crippen molar-refractivity contribution < 1.29 is 4.74 Å². The molecule has 0 radical (unpaired) electrons. The van der Waals surface area contributed by atoms with E-state index in [2.05, 4.69) is 5.38 Å². The van der Waals surface area contributed by atoms with Crippen LogP contribution in [-0.2, 0) is 11.3 Å². The van der Waals surface area contributed by atoms with Crippen molar-refractivity contribution in [1.29, 1.82) is 0 Å². The molecule has 0 spiro atoms. The Balaban J connectivity index is 1.91. The highest BCUT2D eigenvalue weighted by Gasteiger charge is 2.27. The monoisotopic (exact) mass is 237 g/mol. The molecule has 1 saturated carbocycles. The van der Waals surface area contributed by atoms with Crippen molar-refractivity contribution >= 4 is 11.3 Å². The van der Waals surface area contributed by atoms with E-state index in [1.807, 2.05) is 11.3 Å². The van der Waals surface area contributed by atoms with Crippen LogP contribution < -0.4 is 5.73 Å². The molecule has 16 heavy (non-hydrogen) atoms. The summed E-state index contributed by atoms with van der Waals surface area (Å²) in [5.74, 6) is 0.776. The number of nitrogens with two attached hydrogens (primary N) is 1. The average Bonchev–Trinajstić information content (AvgIpc) is 2.75. The minimum Gasteiger partial charge on any atom is -0.374 e. The van der Waals surface area contributed by atoms with E-state index in [4.69, 9.17) is 10.5 Å². The molecule has 1 atom stereocenters. The Hall–Kier alpha value is -0.380. The van der Waals surface area contributed by atoms with E-state index in [-0.39, 0.29) is 6.04 Å². The molecule has 2 heterocycles. The third kappa shape index (κ3) is 1.81. The first kappa shape index (κ1) is 10.8. The van der Waals surface area contributed by atoms with Crippen molar-refractivity contribution in [2.24, 2.45) is 5.73 Å². The van der Waals surface area contributed by atoms with Gasteiger partial charge in [0, 0.05) is 4.88 Å². The van der Waals surface area contributed by atoms with E-state index in [9.17, 15) is 0 Å². The third-order valence-corrected chi connectivity index (χ3v) is 4.88. The number of hydrogen-bond acceptors (Lipinski definition) is 3.